The van der Waals surface area contributed by atoms with Crippen molar-refractivity contribution in [2.24, 2.45) is 0 Å². The lowest BCUT2D eigenvalue weighted by molar-refractivity contribution is 0.401. The minimum atomic E-state index is 0.493. The van der Waals surface area contributed by atoms with Crippen LogP contribution in [0.1, 0.15) is 6.92 Å². The summed E-state index contributed by atoms with van der Waals surface area (Å²) in [6.07, 6.45) is 0. The molecule has 0 amide bonds. The van der Waals surface area contributed by atoms with Gasteiger partial charge in [-0.3, -0.25) is 0 Å². The van der Waals surface area contributed by atoms with E-state index in [9.17, 15) is 0 Å². The van der Waals surface area contributed by atoms with Gasteiger partial charge in [0.25, 0.3) is 0 Å². The number of ether oxygens (including phenoxy) is 1. The van der Waals surface area contributed by atoms with Crippen molar-refractivity contribution in [3.05, 3.63) is 4.34 Å². The predicted molar refractivity (Wildman–Crippen MR) is 47.8 cm³/mol. The summed E-state index contributed by atoms with van der Waals surface area (Å²) in [7, 11) is 1.55. The molecule has 0 spiro atoms. The second-order valence-corrected chi connectivity index (χ2v) is 3.43. The van der Waals surface area contributed by atoms with E-state index in [1.807, 2.05) is 6.92 Å². The number of halogens is 1. The van der Waals surface area contributed by atoms with Crippen LogP contribution in [0.3, 0.4) is 0 Å². The van der Waals surface area contributed by atoms with Crippen LogP contribution in [0.5, 0.6) is 5.88 Å². The lowest BCUT2D eigenvalue weighted by Crippen LogP contribution is -1.95. The van der Waals surface area contributed by atoms with Crippen molar-refractivity contribution in [1.82, 2.24) is 4.98 Å². The molecule has 0 aliphatic carbocycles. The molecular formula is C6H9ClN2OS. The molecule has 3 nitrogen and oxygen atoms in total. The number of thiazole rings is 1. The quantitative estimate of drug-likeness (QED) is 0.798. The van der Waals surface area contributed by atoms with Crippen LogP contribution in [0.15, 0.2) is 0 Å². The first kappa shape index (κ1) is 8.62. The second kappa shape index (κ2) is 3.78. The van der Waals surface area contributed by atoms with Crippen molar-refractivity contribution in [1.29, 1.82) is 0 Å². The lowest BCUT2D eigenvalue weighted by Gasteiger charge is -1.93. The molecule has 0 bridgehead atoms. The second-order valence-electron chi connectivity index (χ2n) is 1.83. The van der Waals surface area contributed by atoms with Crippen LogP contribution in [0.4, 0.5) is 5.13 Å². The zero-order valence-corrected chi connectivity index (χ0v) is 7.92. The highest BCUT2D eigenvalue weighted by Gasteiger charge is 2.07. The number of aromatic nitrogens is 1. The first-order valence-electron chi connectivity index (χ1n) is 3.22. The average molecular weight is 193 g/mol. The SMILES string of the molecule is CCNc1nc(OC)c(Cl)s1. The summed E-state index contributed by atoms with van der Waals surface area (Å²) in [5, 5.41) is 3.85. The zero-order chi connectivity index (χ0) is 8.27. The molecule has 1 heterocycles. The molecule has 5 heteroatoms. The van der Waals surface area contributed by atoms with E-state index in [4.69, 9.17) is 16.3 Å². The molecular weight excluding hydrogens is 184 g/mol. The average Bonchev–Trinajstić information content (AvgIpc) is 2.32. The van der Waals surface area contributed by atoms with Crippen molar-refractivity contribution in [3.63, 3.8) is 0 Å². The maximum Gasteiger partial charge on any atom is 0.245 e. The maximum atomic E-state index is 5.77. The minimum absolute atomic E-state index is 0.493. The molecule has 1 aromatic heterocycles. The molecule has 1 rings (SSSR count). The van der Waals surface area contributed by atoms with Gasteiger partial charge in [0.15, 0.2) is 9.47 Å². The van der Waals surface area contributed by atoms with Gasteiger partial charge in [-0.1, -0.05) is 22.9 Å². The van der Waals surface area contributed by atoms with Crippen LogP contribution in [0.25, 0.3) is 0 Å². The summed E-state index contributed by atoms with van der Waals surface area (Å²) >= 11 is 7.15. The standard InChI is InChI=1S/C6H9ClN2OS/c1-3-8-6-9-5(10-2)4(7)11-6/h3H2,1-2H3,(H,8,9). The number of nitrogens with one attached hydrogen (secondary N) is 1. The fourth-order valence-corrected chi connectivity index (χ4v) is 1.71. The Morgan fingerprint density at radius 3 is 2.91 bits per heavy atom. The van der Waals surface area contributed by atoms with Crippen LogP contribution in [-0.4, -0.2) is 18.6 Å². The highest BCUT2D eigenvalue weighted by atomic mass is 35.5. The van der Waals surface area contributed by atoms with Gasteiger partial charge in [0.1, 0.15) is 0 Å². The van der Waals surface area contributed by atoms with Gasteiger partial charge in [0.05, 0.1) is 7.11 Å². The Balaban J connectivity index is 2.77. The van der Waals surface area contributed by atoms with E-state index < -0.39 is 0 Å². The van der Waals surface area contributed by atoms with Gasteiger partial charge in [-0.2, -0.15) is 4.98 Å². The van der Waals surface area contributed by atoms with Crippen LogP contribution < -0.4 is 10.1 Å². The maximum absolute atomic E-state index is 5.77. The molecule has 0 aliphatic heterocycles. The van der Waals surface area contributed by atoms with Gasteiger partial charge in [0.2, 0.25) is 5.88 Å². The number of methoxy groups -OCH3 is 1. The third-order valence-corrected chi connectivity index (χ3v) is 2.25. The van der Waals surface area contributed by atoms with Gasteiger partial charge >= 0.3 is 0 Å². The molecule has 0 saturated heterocycles. The summed E-state index contributed by atoms with van der Waals surface area (Å²) in [6.45, 7) is 2.84. The molecule has 1 aromatic rings. The number of hydrogen-bond donors (Lipinski definition) is 1. The van der Waals surface area contributed by atoms with E-state index in [0.29, 0.717) is 10.2 Å². The highest BCUT2D eigenvalue weighted by Crippen LogP contribution is 2.33. The summed E-state index contributed by atoms with van der Waals surface area (Å²) in [4.78, 5) is 4.07. The van der Waals surface area contributed by atoms with Gasteiger partial charge < -0.3 is 10.1 Å². The molecule has 11 heavy (non-hydrogen) atoms. The number of hydrogen-bond acceptors (Lipinski definition) is 4. The molecule has 0 aromatic carbocycles. The van der Waals surface area contributed by atoms with E-state index >= 15 is 0 Å². The smallest absolute Gasteiger partial charge is 0.245 e. The van der Waals surface area contributed by atoms with Gasteiger partial charge in [-0.15, -0.1) is 0 Å². The first-order chi connectivity index (χ1) is 5.27. The third kappa shape index (κ3) is 1.97. The fourth-order valence-electron chi connectivity index (χ4n) is 0.640. The van der Waals surface area contributed by atoms with Crippen molar-refractivity contribution in [2.45, 2.75) is 6.92 Å². The molecule has 0 aliphatic rings. The normalized spacial score (nSPS) is 9.73. The van der Waals surface area contributed by atoms with E-state index in [1.165, 1.54) is 11.3 Å². The summed E-state index contributed by atoms with van der Waals surface area (Å²) in [6, 6.07) is 0. The van der Waals surface area contributed by atoms with Crippen molar-refractivity contribution in [2.75, 3.05) is 19.0 Å². The van der Waals surface area contributed by atoms with Crippen molar-refractivity contribution < 1.29 is 4.74 Å². The summed E-state index contributed by atoms with van der Waals surface area (Å²) in [5.41, 5.74) is 0. The van der Waals surface area contributed by atoms with Crippen LogP contribution >= 0.6 is 22.9 Å². The largest absolute Gasteiger partial charge is 0.479 e. The van der Waals surface area contributed by atoms with Crippen molar-refractivity contribution >= 4 is 28.1 Å². The number of nitrogens with zero attached hydrogens (tertiary/aromatic N) is 1. The van der Waals surface area contributed by atoms with E-state index in [1.54, 1.807) is 7.11 Å². The molecule has 0 saturated carbocycles. The summed E-state index contributed by atoms with van der Waals surface area (Å²) < 4.78 is 5.49. The minimum Gasteiger partial charge on any atom is -0.479 e. The number of anilines is 1. The summed E-state index contributed by atoms with van der Waals surface area (Å²) in [5.74, 6) is 0.493. The fraction of sp³-hybridized carbons (Fsp3) is 0.500. The van der Waals surface area contributed by atoms with Gasteiger partial charge in [-0.05, 0) is 6.92 Å². The zero-order valence-electron chi connectivity index (χ0n) is 6.35. The predicted octanol–water partition coefficient (Wildman–Crippen LogP) is 2.24. The first-order valence-corrected chi connectivity index (χ1v) is 4.41. The van der Waals surface area contributed by atoms with Crippen LogP contribution in [0, 0.1) is 0 Å². The Bertz CT molecular complexity index is 238. The van der Waals surface area contributed by atoms with E-state index in [-0.39, 0.29) is 0 Å². The topological polar surface area (TPSA) is 34.2 Å². The molecule has 0 radical (unpaired) electrons. The highest BCUT2D eigenvalue weighted by molar-refractivity contribution is 7.19. The van der Waals surface area contributed by atoms with E-state index in [2.05, 4.69) is 10.3 Å². The Morgan fingerprint density at radius 1 is 1.73 bits per heavy atom. The van der Waals surface area contributed by atoms with Gasteiger partial charge in [0, 0.05) is 6.54 Å². The van der Waals surface area contributed by atoms with Gasteiger partial charge in [-0.25, -0.2) is 0 Å². The van der Waals surface area contributed by atoms with Crippen LogP contribution in [-0.2, 0) is 0 Å². The Kier molecular flexibility index (Phi) is 2.96. The molecule has 0 fully saturated rings. The monoisotopic (exact) mass is 192 g/mol. The van der Waals surface area contributed by atoms with Crippen LogP contribution in [0.2, 0.25) is 4.34 Å². The Hall–Kier alpha value is -0.480. The Morgan fingerprint density at radius 2 is 2.45 bits per heavy atom. The third-order valence-electron chi connectivity index (χ3n) is 1.08. The molecule has 0 atom stereocenters. The van der Waals surface area contributed by atoms with Crippen molar-refractivity contribution in [3.8, 4) is 5.88 Å². The molecule has 1 N–H and O–H groups in total. The molecule has 0 unspecified atom stereocenters. The number of rotatable bonds is 3. The van der Waals surface area contributed by atoms with E-state index in [0.717, 1.165) is 11.7 Å². The lowest BCUT2D eigenvalue weighted by atomic mass is 10.8. The molecule has 62 valence electrons. The Labute approximate surface area is 74.4 Å².